The van der Waals surface area contributed by atoms with Crippen LogP contribution in [0.3, 0.4) is 0 Å². The first-order valence-corrected chi connectivity index (χ1v) is 7.49. The molecule has 2 aromatic rings. The molecule has 1 aliphatic heterocycles. The lowest BCUT2D eigenvalue weighted by atomic mass is 9.98. The summed E-state index contributed by atoms with van der Waals surface area (Å²) in [5.41, 5.74) is 8.75. The molecule has 3 heteroatoms. The molecule has 0 radical (unpaired) electrons. The lowest BCUT2D eigenvalue weighted by Crippen LogP contribution is -2.33. The Labute approximate surface area is 120 Å². The number of nitrogens with two attached hydrogens (primary N) is 1. The van der Waals surface area contributed by atoms with Gasteiger partial charge in [-0.05, 0) is 36.1 Å². The number of likely N-dealkylation sites (tertiary alicyclic amines) is 1. The molecular weight excluding hydrogens is 246 g/mol. The van der Waals surface area contributed by atoms with Crippen LogP contribution in [0.2, 0.25) is 0 Å². The van der Waals surface area contributed by atoms with Crippen LogP contribution < -0.4 is 5.73 Å². The maximum absolute atomic E-state index is 6.36. The van der Waals surface area contributed by atoms with Crippen LogP contribution in [-0.2, 0) is 0 Å². The van der Waals surface area contributed by atoms with Gasteiger partial charge in [-0.25, -0.2) is 0 Å². The van der Waals surface area contributed by atoms with Crippen LogP contribution in [0, 0.1) is 5.92 Å². The molecule has 1 fully saturated rings. The van der Waals surface area contributed by atoms with Gasteiger partial charge in [0.1, 0.15) is 0 Å². The van der Waals surface area contributed by atoms with E-state index in [0.29, 0.717) is 12.0 Å². The van der Waals surface area contributed by atoms with E-state index in [-0.39, 0.29) is 6.04 Å². The number of nitrogens with zero attached hydrogens (tertiary/aromatic N) is 2. The molecule has 2 unspecified atom stereocenters. The van der Waals surface area contributed by atoms with E-state index < -0.39 is 0 Å². The van der Waals surface area contributed by atoms with Crippen molar-refractivity contribution in [2.45, 2.75) is 32.4 Å². The van der Waals surface area contributed by atoms with Gasteiger partial charge < -0.3 is 5.73 Å². The van der Waals surface area contributed by atoms with Gasteiger partial charge in [-0.2, -0.15) is 0 Å². The summed E-state index contributed by atoms with van der Waals surface area (Å²) in [7, 11) is 0. The molecular formula is C17H23N3. The maximum Gasteiger partial charge on any atom is 0.0702 e. The minimum absolute atomic E-state index is 0.239. The fraction of sp³-hybridized carbons (Fsp3) is 0.471. The van der Waals surface area contributed by atoms with Gasteiger partial charge in [-0.15, -0.1) is 0 Å². The van der Waals surface area contributed by atoms with Crippen molar-refractivity contribution < 1.29 is 0 Å². The number of rotatable bonds is 3. The maximum atomic E-state index is 6.36. The van der Waals surface area contributed by atoms with Crippen LogP contribution in [-0.4, -0.2) is 29.0 Å². The Morgan fingerprint density at radius 2 is 2.20 bits per heavy atom. The molecule has 0 bridgehead atoms. The third-order valence-corrected chi connectivity index (χ3v) is 4.12. The van der Waals surface area contributed by atoms with Crippen LogP contribution in [0.15, 0.2) is 36.5 Å². The van der Waals surface area contributed by atoms with E-state index in [1.165, 1.54) is 10.9 Å². The fourth-order valence-corrected chi connectivity index (χ4v) is 3.29. The summed E-state index contributed by atoms with van der Waals surface area (Å²) in [4.78, 5) is 6.93. The van der Waals surface area contributed by atoms with Crippen LogP contribution >= 0.6 is 0 Å². The van der Waals surface area contributed by atoms with Crippen LogP contribution in [0.5, 0.6) is 0 Å². The molecule has 2 heterocycles. The Morgan fingerprint density at radius 1 is 1.35 bits per heavy atom. The highest BCUT2D eigenvalue weighted by Gasteiger charge is 2.33. The predicted molar refractivity (Wildman–Crippen MR) is 83.5 cm³/mol. The van der Waals surface area contributed by atoms with E-state index >= 15 is 0 Å². The molecule has 0 amide bonds. The summed E-state index contributed by atoms with van der Waals surface area (Å²) < 4.78 is 0. The van der Waals surface area contributed by atoms with Crippen LogP contribution in [0.1, 0.15) is 31.9 Å². The highest BCUT2D eigenvalue weighted by molar-refractivity contribution is 5.79. The quantitative estimate of drug-likeness (QED) is 0.931. The highest BCUT2D eigenvalue weighted by Crippen LogP contribution is 2.33. The first kappa shape index (κ1) is 13.5. The van der Waals surface area contributed by atoms with Crippen molar-refractivity contribution in [1.82, 2.24) is 9.88 Å². The monoisotopic (exact) mass is 269 g/mol. The average molecular weight is 269 g/mol. The smallest absolute Gasteiger partial charge is 0.0702 e. The third kappa shape index (κ3) is 2.56. The second kappa shape index (κ2) is 5.51. The fourth-order valence-electron chi connectivity index (χ4n) is 3.29. The van der Waals surface area contributed by atoms with Crippen molar-refractivity contribution in [2.24, 2.45) is 11.7 Å². The number of aromatic nitrogens is 1. The molecule has 2 atom stereocenters. The third-order valence-electron chi connectivity index (χ3n) is 4.12. The summed E-state index contributed by atoms with van der Waals surface area (Å²) in [5, 5.41) is 1.20. The van der Waals surface area contributed by atoms with Crippen molar-refractivity contribution in [1.29, 1.82) is 0 Å². The van der Waals surface area contributed by atoms with Gasteiger partial charge in [0.05, 0.1) is 5.52 Å². The lowest BCUT2D eigenvalue weighted by Gasteiger charge is -2.28. The van der Waals surface area contributed by atoms with Gasteiger partial charge in [0.25, 0.3) is 0 Å². The Bertz CT molecular complexity index is 594. The summed E-state index contributed by atoms with van der Waals surface area (Å²) in [6, 6.07) is 11.3. The molecule has 1 saturated heterocycles. The molecule has 2 N–H and O–H groups in total. The van der Waals surface area contributed by atoms with Crippen LogP contribution in [0.25, 0.3) is 10.9 Å². The lowest BCUT2D eigenvalue weighted by molar-refractivity contribution is 0.221. The van der Waals surface area contributed by atoms with E-state index in [4.69, 9.17) is 5.73 Å². The van der Waals surface area contributed by atoms with E-state index in [0.717, 1.165) is 25.0 Å². The molecule has 0 spiro atoms. The summed E-state index contributed by atoms with van der Waals surface area (Å²) in [5.74, 6) is 0.671. The summed E-state index contributed by atoms with van der Waals surface area (Å²) in [6.45, 7) is 6.76. The van der Waals surface area contributed by atoms with Crippen molar-refractivity contribution in [3.8, 4) is 0 Å². The average Bonchev–Trinajstić information content (AvgIpc) is 2.78. The molecule has 106 valence electrons. The molecule has 1 aromatic heterocycles. The van der Waals surface area contributed by atoms with E-state index in [1.807, 2.05) is 12.3 Å². The van der Waals surface area contributed by atoms with Gasteiger partial charge >= 0.3 is 0 Å². The number of pyridine rings is 1. The Morgan fingerprint density at radius 3 is 3.00 bits per heavy atom. The van der Waals surface area contributed by atoms with Gasteiger partial charge in [0, 0.05) is 36.8 Å². The van der Waals surface area contributed by atoms with Crippen LogP contribution in [0.4, 0.5) is 0 Å². The standard InChI is InChI=1S/C17H23N3/c1-12(2)11-20-9-7-15(18)17(20)14-5-6-16-13(10-14)4-3-8-19-16/h3-6,8,10,12,15,17H,7,9,11,18H2,1-2H3. The molecule has 20 heavy (non-hydrogen) atoms. The van der Waals surface area contributed by atoms with E-state index in [2.05, 4.69) is 48.0 Å². The number of benzene rings is 1. The zero-order valence-electron chi connectivity index (χ0n) is 12.3. The molecule has 3 rings (SSSR count). The molecule has 3 nitrogen and oxygen atoms in total. The second-order valence-corrected chi connectivity index (χ2v) is 6.24. The number of hydrogen-bond donors (Lipinski definition) is 1. The first-order chi connectivity index (χ1) is 9.65. The Balaban J connectivity index is 1.95. The van der Waals surface area contributed by atoms with E-state index in [9.17, 15) is 0 Å². The summed E-state index contributed by atoms with van der Waals surface area (Å²) >= 11 is 0. The molecule has 1 aromatic carbocycles. The summed E-state index contributed by atoms with van der Waals surface area (Å²) in [6.07, 6.45) is 2.93. The molecule has 0 saturated carbocycles. The minimum atomic E-state index is 0.239. The van der Waals surface area contributed by atoms with Crippen molar-refractivity contribution in [3.05, 3.63) is 42.1 Å². The van der Waals surface area contributed by atoms with Crippen molar-refractivity contribution in [2.75, 3.05) is 13.1 Å². The minimum Gasteiger partial charge on any atom is -0.326 e. The second-order valence-electron chi connectivity index (χ2n) is 6.24. The zero-order valence-corrected chi connectivity index (χ0v) is 12.3. The van der Waals surface area contributed by atoms with Gasteiger partial charge in [-0.3, -0.25) is 9.88 Å². The van der Waals surface area contributed by atoms with Gasteiger partial charge in [0.15, 0.2) is 0 Å². The zero-order chi connectivity index (χ0) is 14.1. The highest BCUT2D eigenvalue weighted by atomic mass is 15.2. The van der Waals surface area contributed by atoms with Crippen molar-refractivity contribution in [3.63, 3.8) is 0 Å². The van der Waals surface area contributed by atoms with Gasteiger partial charge in [-0.1, -0.05) is 26.0 Å². The normalized spacial score (nSPS) is 23.8. The van der Waals surface area contributed by atoms with Crippen molar-refractivity contribution >= 4 is 10.9 Å². The molecule has 0 aliphatic carbocycles. The largest absolute Gasteiger partial charge is 0.326 e. The Hall–Kier alpha value is -1.45. The Kier molecular flexibility index (Phi) is 3.72. The SMILES string of the molecule is CC(C)CN1CCC(N)C1c1ccc2ncccc2c1. The number of fused-ring (bicyclic) bond motifs is 1. The number of hydrogen-bond acceptors (Lipinski definition) is 3. The first-order valence-electron chi connectivity index (χ1n) is 7.49. The van der Waals surface area contributed by atoms with Gasteiger partial charge in [0.2, 0.25) is 0 Å². The molecule has 1 aliphatic rings. The topological polar surface area (TPSA) is 42.1 Å². The van der Waals surface area contributed by atoms with E-state index in [1.54, 1.807) is 0 Å². The predicted octanol–water partition coefficient (Wildman–Crippen LogP) is 2.96.